The predicted octanol–water partition coefficient (Wildman–Crippen LogP) is -1.86. The van der Waals surface area contributed by atoms with E-state index >= 15 is 0 Å². The second kappa shape index (κ2) is 15.3. The Bertz CT molecular complexity index is 299. The van der Waals surface area contributed by atoms with Gasteiger partial charge in [0.1, 0.15) is 0 Å². The topological polar surface area (TPSA) is 0 Å². The Morgan fingerprint density at radius 3 is 1.28 bits per heavy atom. The minimum absolute atomic E-state index is 0. The van der Waals surface area contributed by atoms with Gasteiger partial charge in [0, 0.05) is 0 Å². The summed E-state index contributed by atoms with van der Waals surface area (Å²) in [6.07, 6.45) is 16.5. The molecular formula is C15H20Cl2Hf-2. The average Bonchev–Trinajstić information content (AvgIpc) is 2.78. The van der Waals surface area contributed by atoms with Gasteiger partial charge in [-0.2, -0.15) is 12.2 Å². The van der Waals surface area contributed by atoms with E-state index in [1.165, 1.54) is 35.0 Å². The molecule has 0 bridgehead atoms. The Morgan fingerprint density at radius 1 is 0.944 bits per heavy atom. The van der Waals surface area contributed by atoms with E-state index < -0.39 is 0 Å². The minimum atomic E-state index is 0. The fraction of sp³-hybridized carbons (Fsp3) is 0.400. The van der Waals surface area contributed by atoms with Crippen molar-refractivity contribution in [1.29, 1.82) is 0 Å². The van der Waals surface area contributed by atoms with Gasteiger partial charge < -0.3 is 24.8 Å². The van der Waals surface area contributed by atoms with E-state index in [0.29, 0.717) is 0 Å². The monoisotopic (exact) mass is 450 g/mol. The molecule has 0 aromatic carbocycles. The molecule has 0 spiro atoms. The molecule has 0 saturated carbocycles. The minimum Gasteiger partial charge on any atom is -1.00 e. The second-order valence-electron chi connectivity index (χ2n) is 4.00. The number of hydrogen-bond acceptors (Lipinski definition) is 0. The van der Waals surface area contributed by atoms with Crippen LogP contribution in [0.4, 0.5) is 0 Å². The molecule has 2 rings (SSSR count). The third-order valence-electron chi connectivity index (χ3n) is 1.74. The first-order chi connectivity index (χ1) is 7.52. The van der Waals surface area contributed by atoms with Crippen molar-refractivity contribution < 1.29 is 48.7 Å². The Morgan fingerprint density at radius 2 is 1.22 bits per heavy atom. The van der Waals surface area contributed by atoms with Crippen LogP contribution in [0.25, 0.3) is 0 Å². The second-order valence-corrected chi connectivity index (χ2v) is 7.59. The van der Waals surface area contributed by atoms with Gasteiger partial charge in [-0.1, -0.05) is 0 Å². The Balaban J connectivity index is -0.000000182. The smallest absolute Gasteiger partial charge is 1.00 e. The number of halogens is 2. The summed E-state index contributed by atoms with van der Waals surface area (Å²) in [5.74, 6) is 0. The summed E-state index contributed by atoms with van der Waals surface area (Å²) in [6.45, 7) is 8.46. The summed E-state index contributed by atoms with van der Waals surface area (Å²) in [5, 5.41) is 0. The first-order valence-corrected chi connectivity index (χ1v) is 7.30. The van der Waals surface area contributed by atoms with Crippen molar-refractivity contribution in [2.24, 2.45) is 0 Å². The van der Waals surface area contributed by atoms with E-state index in [9.17, 15) is 0 Å². The molecule has 0 unspecified atom stereocenters. The molecule has 0 radical (unpaired) electrons. The summed E-state index contributed by atoms with van der Waals surface area (Å²) in [5.41, 5.74) is 2.69. The van der Waals surface area contributed by atoms with Crippen molar-refractivity contribution >= 4 is 3.26 Å². The van der Waals surface area contributed by atoms with Crippen LogP contribution >= 0.6 is 0 Å². The normalized spacial score (nSPS) is 13.9. The Labute approximate surface area is 139 Å². The third kappa shape index (κ3) is 18.6. The molecule has 0 nitrogen and oxygen atoms in total. The van der Waals surface area contributed by atoms with Crippen LogP contribution in [0.5, 0.6) is 0 Å². The number of hydrogen-bond donors (Lipinski definition) is 0. The molecule has 0 N–H and O–H groups in total. The van der Waals surface area contributed by atoms with Crippen LogP contribution in [0.3, 0.4) is 0 Å². The van der Waals surface area contributed by atoms with Gasteiger partial charge in [0.05, 0.1) is 0 Å². The van der Waals surface area contributed by atoms with E-state index in [0.717, 1.165) is 12.8 Å². The summed E-state index contributed by atoms with van der Waals surface area (Å²) < 4.78 is 1.56. The van der Waals surface area contributed by atoms with E-state index in [1.54, 1.807) is 3.26 Å². The number of allylic oxidation sites excluding steroid dienone is 8. The number of rotatable bonds is 0. The zero-order chi connectivity index (χ0) is 12.4. The summed E-state index contributed by atoms with van der Waals surface area (Å²) in [7, 11) is 0. The standard InChI is InChI=1S/2C6H7.C3H6.2ClH.Hf/c2*1-6-4-2-3-5-6;1-3-2;;;/h2*4-5H,2H2,1H3;1-2H3;2*1H;/q2*-1;;;;+2/p-2. The van der Waals surface area contributed by atoms with E-state index in [4.69, 9.17) is 0 Å². The van der Waals surface area contributed by atoms with Gasteiger partial charge in [-0.05, 0) is 0 Å². The molecule has 0 atom stereocenters. The van der Waals surface area contributed by atoms with Crippen LogP contribution in [-0.4, -0.2) is 3.26 Å². The van der Waals surface area contributed by atoms with Crippen LogP contribution in [0, 0.1) is 12.2 Å². The quantitative estimate of drug-likeness (QED) is 0.301. The summed E-state index contributed by atoms with van der Waals surface area (Å²) >= 11 is 1.27. The fourth-order valence-corrected chi connectivity index (χ4v) is 0.998. The van der Waals surface area contributed by atoms with Gasteiger partial charge in [-0.25, -0.2) is 23.3 Å². The average molecular weight is 450 g/mol. The summed E-state index contributed by atoms with van der Waals surface area (Å²) in [4.78, 5) is 0. The van der Waals surface area contributed by atoms with Gasteiger partial charge in [-0.15, -0.1) is 26.7 Å². The van der Waals surface area contributed by atoms with Crippen molar-refractivity contribution in [1.82, 2.24) is 0 Å². The van der Waals surface area contributed by atoms with Gasteiger partial charge in [0.2, 0.25) is 0 Å². The van der Waals surface area contributed by atoms with Crippen molar-refractivity contribution in [2.45, 2.75) is 40.5 Å². The molecule has 100 valence electrons. The van der Waals surface area contributed by atoms with Crippen LogP contribution in [0.15, 0.2) is 35.5 Å². The Hall–Kier alpha value is 0.280. The van der Waals surface area contributed by atoms with Crippen molar-refractivity contribution in [3.8, 4) is 0 Å². The first-order valence-electron chi connectivity index (χ1n) is 5.51. The molecule has 18 heavy (non-hydrogen) atoms. The van der Waals surface area contributed by atoms with Crippen LogP contribution in [-0.2, 0) is 23.9 Å². The maximum Gasteiger partial charge on any atom is -1.00 e. The van der Waals surface area contributed by atoms with E-state index in [-0.39, 0.29) is 24.8 Å². The summed E-state index contributed by atoms with van der Waals surface area (Å²) in [6, 6.07) is 0. The maximum absolute atomic E-state index is 3.05. The van der Waals surface area contributed by atoms with Crippen molar-refractivity contribution in [3.63, 3.8) is 0 Å². The van der Waals surface area contributed by atoms with Gasteiger partial charge in [0.15, 0.2) is 0 Å². The maximum atomic E-state index is 3.05. The van der Waals surface area contributed by atoms with Gasteiger partial charge in [0.25, 0.3) is 0 Å². The molecule has 2 aliphatic carbocycles. The van der Waals surface area contributed by atoms with Crippen LogP contribution in [0.2, 0.25) is 0 Å². The molecule has 0 amide bonds. The SMILES string of the molecule is CC1=CC[C-]=C1.CC1=CC[C-]=C1.C[C](C)=[Hf+2].[Cl-].[Cl-]. The van der Waals surface area contributed by atoms with Crippen molar-refractivity contribution in [2.75, 3.05) is 0 Å². The van der Waals surface area contributed by atoms with Crippen LogP contribution < -0.4 is 24.8 Å². The molecule has 3 heteroatoms. The zero-order valence-corrected chi connectivity index (χ0v) is 16.6. The van der Waals surface area contributed by atoms with Crippen molar-refractivity contribution in [3.05, 3.63) is 47.6 Å². The zero-order valence-electron chi connectivity index (χ0n) is 11.5. The van der Waals surface area contributed by atoms with E-state index in [1.807, 2.05) is 12.2 Å². The first kappa shape index (κ1) is 23.4. The van der Waals surface area contributed by atoms with E-state index in [2.05, 4.69) is 52.0 Å². The molecule has 0 aromatic heterocycles. The largest absolute Gasteiger partial charge is 1.00 e. The molecule has 2 aliphatic rings. The van der Waals surface area contributed by atoms with Crippen LogP contribution in [0.1, 0.15) is 40.5 Å². The molecule has 0 saturated heterocycles. The molecule has 0 fully saturated rings. The fourth-order valence-electron chi connectivity index (χ4n) is 0.998. The molecular weight excluding hydrogens is 430 g/mol. The molecule has 0 aliphatic heterocycles. The third-order valence-corrected chi connectivity index (χ3v) is 1.74. The van der Waals surface area contributed by atoms with Gasteiger partial charge in [-0.3, -0.25) is 12.2 Å². The van der Waals surface area contributed by atoms with Gasteiger partial charge >= 0.3 is 41.0 Å². The molecule has 0 heterocycles. The Kier molecular flexibility index (Phi) is 19.9. The predicted molar refractivity (Wildman–Crippen MR) is 68.7 cm³/mol. The molecule has 0 aromatic rings.